The molecule has 1 aliphatic rings. The van der Waals surface area contributed by atoms with E-state index in [1.807, 2.05) is 0 Å². The Morgan fingerprint density at radius 2 is 2.23 bits per heavy atom. The number of halogens is 1. The van der Waals surface area contributed by atoms with Gasteiger partial charge in [-0.05, 0) is 12.8 Å². The number of aromatic amines is 1. The van der Waals surface area contributed by atoms with Gasteiger partial charge in [-0.3, -0.25) is 19.1 Å². The number of carbonyl (C=O) groups is 1. The van der Waals surface area contributed by atoms with E-state index in [1.54, 1.807) is 4.98 Å². The highest BCUT2D eigenvalue weighted by atomic mass is 19.1. The molecule has 2 unspecified atom stereocenters. The van der Waals surface area contributed by atoms with Crippen molar-refractivity contribution in [1.29, 1.82) is 0 Å². The van der Waals surface area contributed by atoms with Crippen molar-refractivity contribution in [2.24, 2.45) is 5.73 Å². The minimum absolute atomic E-state index is 0.00268. The molecule has 0 aromatic carbocycles. The Morgan fingerprint density at radius 3 is 2.86 bits per heavy atom. The number of hydrogen-bond donors (Lipinski definition) is 4. The smallest absolute Gasteiger partial charge is 0.352 e. The van der Waals surface area contributed by atoms with Crippen LogP contribution in [0.5, 0.6) is 0 Å². The molecule has 10 nitrogen and oxygen atoms in total. The summed E-state index contributed by atoms with van der Waals surface area (Å²) >= 11 is 0. The van der Waals surface area contributed by atoms with E-state index in [9.17, 15) is 29.0 Å². The number of aliphatic hydroxyl groups is 2. The van der Waals surface area contributed by atoms with Crippen molar-refractivity contribution >= 4 is 5.97 Å². The molecule has 0 bridgehead atoms. The summed E-state index contributed by atoms with van der Waals surface area (Å²) in [6.45, 7) is -0.566. The summed E-state index contributed by atoms with van der Waals surface area (Å²) in [5, 5.41) is 19.3. The maximum absolute atomic E-state index is 13.2. The molecule has 1 aromatic heterocycles. The van der Waals surface area contributed by atoms with Crippen LogP contribution in [0.4, 0.5) is 4.39 Å². The number of rotatable bonds is 4. The molecule has 2 atom stereocenters. The van der Waals surface area contributed by atoms with Gasteiger partial charge in [0.1, 0.15) is 6.23 Å². The van der Waals surface area contributed by atoms with Crippen molar-refractivity contribution in [2.75, 3.05) is 6.54 Å². The largest absolute Gasteiger partial charge is 0.405 e. The van der Waals surface area contributed by atoms with Gasteiger partial charge in [0.15, 0.2) is 6.10 Å². The Kier molecular flexibility index (Phi) is 4.42. The third-order valence-electron chi connectivity index (χ3n) is 3.08. The van der Waals surface area contributed by atoms with Gasteiger partial charge in [0.25, 0.3) is 5.56 Å². The van der Waals surface area contributed by atoms with E-state index in [4.69, 9.17) is 10.5 Å². The average molecular weight is 319 g/mol. The van der Waals surface area contributed by atoms with Crippen LogP contribution in [-0.2, 0) is 14.3 Å². The van der Waals surface area contributed by atoms with E-state index < -0.39 is 47.9 Å². The summed E-state index contributed by atoms with van der Waals surface area (Å²) in [6, 6.07) is 0. The molecule has 11 heteroatoms. The first kappa shape index (κ1) is 16.3. The maximum Gasteiger partial charge on any atom is 0.352 e. The minimum Gasteiger partial charge on any atom is -0.405 e. The number of nitrogens with one attached hydrogen (secondary N) is 1. The lowest BCUT2D eigenvalue weighted by Gasteiger charge is -2.27. The number of ether oxygens (including phenoxy) is 2. The molecule has 1 aliphatic heterocycles. The van der Waals surface area contributed by atoms with E-state index >= 15 is 0 Å². The fourth-order valence-electron chi connectivity index (χ4n) is 2.05. The molecule has 1 fully saturated rings. The molecule has 1 saturated heterocycles. The zero-order valence-electron chi connectivity index (χ0n) is 11.2. The molecule has 5 N–H and O–H groups in total. The lowest BCUT2D eigenvalue weighted by Crippen LogP contribution is -2.47. The normalized spacial score (nSPS) is 21.8. The van der Waals surface area contributed by atoms with Crippen LogP contribution in [0.1, 0.15) is 19.1 Å². The van der Waals surface area contributed by atoms with E-state index in [2.05, 4.69) is 4.74 Å². The quantitative estimate of drug-likeness (QED) is 0.350. The molecular weight excluding hydrogens is 305 g/mol. The predicted octanol–water partition coefficient (Wildman–Crippen LogP) is -2.51. The van der Waals surface area contributed by atoms with Gasteiger partial charge in [0, 0.05) is 0 Å². The third kappa shape index (κ3) is 3.22. The highest BCUT2D eigenvalue weighted by Gasteiger charge is 2.45. The van der Waals surface area contributed by atoms with Gasteiger partial charge in [0.2, 0.25) is 5.82 Å². The maximum atomic E-state index is 13.2. The number of nitrogens with zero attached hydrogens (tertiary/aromatic N) is 1. The van der Waals surface area contributed by atoms with Crippen molar-refractivity contribution < 1.29 is 28.9 Å². The van der Waals surface area contributed by atoms with Gasteiger partial charge in [-0.2, -0.15) is 4.39 Å². The molecule has 22 heavy (non-hydrogen) atoms. The molecule has 1 aromatic rings. The number of nitrogens with two attached hydrogens (primary N) is 1. The van der Waals surface area contributed by atoms with E-state index in [1.165, 1.54) is 0 Å². The second-order valence-corrected chi connectivity index (χ2v) is 4.64. The van der Waals surface area contributed by atoms with Crippen LogP contribution < -0.4 is 17.0 Å². The van der Waals surface area contributed by atoms with Gasteiger partial charge in [0.05, 0.1) is 12.7 Å². The summed E-state index contributed by atoms with van der Waals surface area (Å²) in [4.78, 5) is 35.3. The van der Waals surface area contributed by atoms with Crippen molar-refractivity contribution in [3.05, 3.63) is 32.9 Å². The second-order valence-electron chi connectivity index (χ2n) is 4.64. The molecule has 0 spiro atoms. The summed E-state index contributed by atoms with van der Waals surface area (Å²) < 4.78 is 23.5. The molecular formula is C11H14FN3O7. The monoisotopic (exact) mass is 319 g/mol. The van der Waals surface area contributed by atoms with Crippen molar-refractivity contribution in [1.82, 2.24) is 9.55 Å². The Labute approximate surface area is 121 Å². The standard InChI is InChI=1S/C11H14FN3O7/c12-5-4-15(10(18)14-9(5)17)7-2-1-6(21-7)11(19,20)22-8(16)3-13/h4,6-7,19-20H,1-3,13H2,(H,14,17,18). The van der Waals surface area contributed by atoms with Crippen LogP contribution in [0, 0.1) is 5.82 Å². The number of carbonyl (C=O) groups excluding carboxylic acids is 1. The lowest BCUT2D eigenvalue weighted by molar-refractivity contribution is -0.362. The Bertz CT molecular complexity index is 683. The summed E-state index contributed by atoms with van der Waals surface area (Å²) in [5.41, 5.74) is 2.89. The number of aromatic nitrogens is 2. The number of hydrogen-bond acceptors (Lipinski definition) is 8. The molecule has 2 rings (SSSR count). The first-order valence-corrected chi connectivity index (χ1v) is 6.27. The fourth-order valence-corrected chi connectivity index (χ4v) is 2.05. The summed E-state index contributed by atoms with van der Waals surface area (Å²) in [5.74, 6) is -5.19. The van der Waals surface area contributed by atoms with Crippen LogP contribution >= 0.6 is 0 Å². The molecule has 2 heterocycles. The van der Waals surface area contributed by atoms with Gasteiger partial charge < -0.3 is 25.4 Å². The van der Waals surface area contributed by atoms with Gasteiger partial charge >= 0.3 is 17.6 Å². The number of H-pyrrole nitrogens is 1. The SMILES string of the molecule is NCC(=O)OC(O)(O)C1CCC(n2cc(F)c(=O)[nH]c2=O)O1. The molecule has 0 aliphatic carbocycles. The fraction of sp³-hybridized carbons (Fsp3) is 0.545. The van der Waals surface area contributed by atoms with Crippen molar-refractivity contribution in [3.63, 3.8) is 0 Å². The molecule has 0 saturated carbocycles. The van der Waals surface area contributed by atoms with Crippen LogP contribution in [0.25, 0.3) is 0 Å². The zero-order valence-corrected chi connectivity index (χ0v) is 11.2. The molecule has 0 radical (unpaired) electrons. The highest BCUT2D eigenvalue weighted by Crippen LogP contribution is 2.32. The Balaban J connectivity index is 2.16. The average Bonchev–Trinajstić information content (AvgIpc) is 2.92. The minimum atomic E-state index is -2.93. The second kappa shape index (κ2) is 5.96. The Hall–Kier alpha value is -2.08. The van der Waals surface area contributed by atoms with Gasteiger partial charge in [-0.15, -0.1) is 0 Å². The van der Waals surface area contributed by atoms with E-state index in [0.29, 0.717) is 6.20 Å². The highest BCUT2D eigenvalue weighted by molar-refractivity contribution is 5.71. The van der Waals surface area contributed by atoms with Crippen molar-refractivity contribution in [2.45, 2.75) is 31.1 Å². The van der Waals surface area contributed by atoms with Crippen LogP contribution in [0.15, 0.2) is 15.8 Å². The number of esters is 1. The molecule has 122 valence electrons. The topological polar surface area (TPSA) is 157 Å². The van der Waals surface area contributed by atoms with Crippen LogP contribution in [0.3, 0.4) is 0 Å². The third-order valence-corrected chi connectivity index (χ3v) is 3.08. The summed E-state index contributed by atoms with van der Waals surface area (Å²) in [7, 11) is 0. The van der Waals surface area contributed by atoms with Crippen molar-refractivity contribution in [3.8, 4) is 0 Å². The Morgan fingerprint density at radius 1 is 1.55 bits per heavy atom. The van der Waals surface area contributed by atoms with E-state index in [0.717, 1.165) is 4.57 Å². The van der Waals surface area contributed by atoms with Gasteiger partial charge in [-0.25, -0.2) is 4.79 Å². The first-order chi connectivity index (χ1) is 10.2. The van der Waals surface area contributed by atoms with E-state index in [-0.39, 0.29) is 12.8 Å². The van der Waals surface area contributed by atoms with Gasteiger partial charge in [-0.1, -0.05) is 0 Å². The molecule has 0 amide bonds. The lowest BCUT2D eigenvalue weighted by atomic mass is 10.2. The first-order valence-electron chi connectivity index (χ1n) is 6.27. The van der Waals surface area contributed by atoms with Crippen LogP contribution in [0.2, 0.25) is 0 Å². The predicted molar refractivity (Wildman–Crippen MR) is 66.7 cm³/mol. The zero-order chi connectivity index (χ0) is 16.5. The van der Waals surface area contributed by atoms with Crippen LogP contribution in [-0.4, -0.2) is 44.4 Å². The summed E-state index contributed by atoms with van der Waals surface area (Å²) in [6.07, 6.45) is -1.67.